The third kappa shape index (κ3) is 4.12. The second-order valence-electron chi connectivity index (χ2n) is 8.96. The highest BCUT2D eigenvalue weighted by molar-refractivity contribution is 6.31. The minimum Gasteiger partial charge on any atom is -0.480 e. The van der Waals surface area contributed by atoms with Gasteiger partial charge in [0.05, 0.1) is 50.5 Å². The molecule has 196 valence electrons. The Balaban J connectivity index is 1.76. The molecule has 11 heteroatoms. The number of amides is 1. The van der Waals surface area contributed by atoms with Gasteiger partial charge in [-0.25, -0.2) is 4.98 Å². The van der Waals surface area contributed by atoms with E-state index >= 15 is 0 Å². The van der Waals surface area contributed by atoms with E-state index < -0.39 is 43.5 Å². The predicted molar refractivity (Wildman–Crippen MR) is 146 cm³/mol. The smallest absolute Gasteiger partial charge is 0.319 e. The Morgan fingerprint density at radius 3 is 2.45 bits per heavy atom. The zero-order chi connectivity index (χ0) is 32.3. The molecule has 1 atom stereocenters. The summed E-state index contributed by atoms with van der Waals surface area (Å²) in [6, 6.07) is 8.27. The highest BCUT2D eigenvalue weighted by Crippen LogP contribution is 2.47. The standard InChI is InChI=1S/C27H25Cl2N5O4/c1-14(2)33-21(19-12-30-27(38-5)31-24(19)37-4)11-18-23(33)22(15-6-8-16(28)9-7-15)34(25(18)35)17-10-20(29)26(36)32(3)13-17/h6-14,22H,1-5H3/i4D3,5D3. The van der Waals surface area contributed by atoms with Gasteiger partial charge >= 0.3 is 6.01 Å². The number of carbonyl (C=O) groups is 1. The summed E-state index contributed by atoms with van der Waals surface area (Å²) >= 11 is 12.4. The summed E-state index contributed by atoms with van der Waals surface area (Å²) in [6.45, 7) is 3.74. The SMILES string of the molecule is [2H]C([2H])([2H])Oc1ncc(-c2cc3c(n2C(C)C)C(c2ccc(Cl)cc2)N(c2cc(Cl)c(=O)n(C)c2)C3=O)c(OC([2H])([2H])[2H])n1. The number of halogens is 2. The van der Waals surface area contributed by atoms with Crippen LogP contribution in [-0.2, 0) is 7.05 Å². The van der Waals surface area contributed by atoms with Crippen molar-refractivity contribution < 1.29 is 22.5 Å². The molecule has 1 aliphatic heterocycles. The van der Waals surface area contributed by atoms with Crippen molar-refractivity contribution in [3.05, 3.63) is 86.0 Å². The second-order valence-corrected chi connectivity index (χ2v) is 9.80. The Labute approximate surface area is 237 Å². The van der Waals surface area contributed by atoms with E-state index in [-0.39, 0.29) is 22.2 Å². The van der Waals surface area contributed by atoms with Crippen molar-refractivity contribution in [3.8, 4) is 23.1 Å². The number of aromatic nitrogens is 4. The van der Waals surface area contributed by atoms with Crippen molar-refractivity contribution >= 4 is 34.8 Å². The molecule has 5 rings (SSSR count). The Bertz CT molecular complexity index is 1790. The van der Waals surface area contributed by atoms with Gasteiger partial charge in [0.2, 0.25) is 5.88 Å². The topological polar surface area (TPSA) is 91.5 Å². The highest BCUT2D eigenvalue weighted by atomic mass is 35.5. The van der Waals surface area contributed by atoms with Gasteiger partial charge in [-0.2, -0.15) is 4.98 Å². The van der Waals surface area contributed by atoms with Crippen LogP contribution in [0.15, 0.2) is 53.6 Å². The summed E-state index contributed by atoms with van der Waals surface area (Å²) in [5, 5.41) is 0.414. The Morgan fingerprint density at radius 1 is 1.05 bits per heavy atom. The number of methoxy groups -OCH3 is 2. The molecule has 38 heavy (non-hydrogen) atoms. The molecule has 0 fully saturated rings. The predicted octanol–water partition coefficient (Wildman–Crippen LogP) is 5.30. The average molecular weight is 560 g/mol. The Morgan fingerprint density at radius 2 is 1.79 bits per heavy atom. The van der Waals surface area contributed by atoms with Gasteiger partial charge in [0.1, 0.15) is 11.1 Å². The number of pyridine rings is 1. The van der Waals surface area contributed by atoms with E-state index in [2.05, 4.69) is 9.97 Å². The van der Waals surface area contributed by atoms with Crippen molar-refractivity contribution in [1.29, 1.82) is 0 Å². The molecule has 9 nitrogen and oxygen atoms in total. The summed E-state index contributed by atoms with van der Waals surface area (Å²) in [5.74, 6) is -0.883. The number of nitrogens with zero attached hydrogens (tertiary/aromatic N) is 5. The number of rotatable bonds is 6. The number of hydrogen-bond donors (Lipinski definition) is 0. The minimum absolute atomic E-state index is 0.0698. The number of carbonyl (C=O) groups excluding carboxylic acids is 1. The van der Waals surface area contributed by atoms with Crippen LogP contribution >= 0.6 is 23.2 Å². The molecule has 0 spiro atoms. The maximum Gasteiger partial charge on any atom is 0.319 e. The van der Waals surface area contributed by atoms with Gasteiger partial charge in [-0.1, -0.05) is 35.3 Å². The molecule has 1 unspecified atom stereocenters. The summed E-state index contributed by atoms with van der Waals surface area (Å²) in [7, 11) is -4.33. The largest absolute Gasteiger partial charge is 0.480 e. The molecule has 0 radical (unpaired) electrons. The van der Waals surface area contributed by atoms with Crippen LogP contribution in [0.2, 0.25) is 10.0 Å². The summed E-state index contributed by atoms with van der Waals surface area (Å²) in [6.07, 6.45) is 2.70. The van der Waals surface area contributed by atoms with Crippen LogP contribution in [0.3, 0.4) is 0 Å². The summed E-state index contributed by atoms with van der Waals surface area (Å²) in [4.78, 5) is 36.0. The van der Waals surface area contributed by atoms with Gasteiger partial charge < -0.3 is 18.6 Å². The number of aryl methyl sites for hydroxylation is 1. The molecule has 1 aliphatic rings. The van der Waals surface area contributed by atoms with Crippen molar-refractivity contribution in [1.82, 2.24) is 19.1 Å². The molecular formula is C27H25Cl2N5O4. The molecule has 0 aliphatic carbocycles. The first-order chi connectivity index (χ1) is 20.4. The Kier molecular flexibility index (Phi) is 4.98. The number of benzene rings is 1. The van der Waals surface area contributed by atoms with Crippen molar-refractivity contribution in [2.75, 3.05) is 19.0 Å². The molecule has 1 aromatic carbocycles. The minimum atomic E-state index is -2.96. The van der Waals surface area contributed by atoms with Crippen LogP contribution in [0.1, 0.15) is 55.8 Å². The normalized spacial score (nSPS) is 17.8. The molecule has 3 aromatic heterocycles. The van der Waals surface area contributed by atoms with Gasteiger partial charge in [0, 0.05) is 30.5 Å². The van der Waals surface area contributed by atoms with E-state index in [0.29, 0.717) is 27.7 Å². The lowest BCUT2D eigenvalue weighted by molar-refractivity contribution is 0.0993. The van der Waals surface area contributed by atoms with Gasteiger partial charge in [0.15, 0.2) is 0 Å². The van der Waals surface area contributed by atoms with Gasteiger partial charge in [0.25, 0.3) is 11.5 Å². The monoisotopic (exact) mass is 559 g/mol. The maximum atomic E-state index is 14.2. The van der Waals surface area contributed by atoms with Crippen LogP contribution in [0.4, 0.5) is 5.69 Å². The van der Waals surface area contributed by atoms with Crippen LogP contribution in [-0.4, -0.2) is 39.1 Å². The van der Waals surface area contributed by atoms with Gasteiger partial charge in [-0.3, -0.25) is 14.5 Å². The van der Waals surface area contributed by atoms with Crippen molar-refractivity contribution in [3.63, 3.8) is 0 Å². The lowest BCUT2D eigenvalue weighted by Gasteiger charge is -2.29. The molecule has 0 N–H and O–H groups in total. The van der Waals surface area contributed by atoms with Crippen LogP contribution in [0.25, 0.3) is 11.3 Å². The molecule has 0 saturated carbocycles. The van der Waals surface area contributed by atoms with E-state index in [4.69, 9.17) is 40.9 Å². The van der Waals surface area contributed by atoms with Crippen LogP contribution in [0, 0.1) is 0 Å². The first kappa shape index (κ1) is 19.3. The zero-order valence-electron chi connectivity index (χ0n) is 26.4. The number of hydrogen-bond acceptors (Lipinski definition) is 6. The highest BCUT2D eigenvalue weighted by Gasteiger charge is 2.43. The first-order valence-electron chi connectivity index (χ1n) is 14.4. The molecule has 4 aromatic rings. The van der Waals surface area contributed by atoms with Gasteiger partial charge in [-0.15, -0.1) is 0 Å². The molecule has 0 saturated heterocycles. The zero-order valence-corrected chi connectivity index (χ0v) is 21.9. The second kappa shape index (κ2) is 9.81. The van der Waals surface area contributed by atoms with Gasteiger partial charge in [-0.05, 0) is 43.7 Å². The fraction of sp³-hybridized carbons (Fsp3) is 0.259. The maximum absolute atomic E-state index is 14.2. The van der Waals surface area contributed by atoms with Crippen LogP contribution in [0.5, 0.6) is 11.9 Å². The molecule has 4 heterocycles. The van der Waals surface area contributed by atoms with Crippen molar-refractivity contribution in [2.24, 2.45) is 7.05 Å². The van der Waals surface area contributed by atoms with Crippen LogP contribution < -0.4 is 19.9 Å². The Hall–Kier alpha value is -3.82. The molecular weight excluding hydrogens is 529 g/mol. The molecule has 0 bridgehead atoms. The van der Waals surface area contributed by atoms with E-state index in [0.717, 1.165) is 0 Å². The van der Waals surface area contributed by atoms with E-state index in [1.165, 1.54) is 35.0 Å². The van der Waals surface area contributed by atoms with E-state index in [1.807, 2.05) is 18.4 Å². The first-order valence-corrected chi connectivity index (χ1v) is 12.2. The third-order valence-corrected chi connectivity index (χ3v) is 6.87. The van der Waals surface area contributed by atoms with Crippen molar-refractivity contribution in [2.45, 2.75) is 25.9 Å². The number of ether oxygens (including phenoxy) is 2. The quantitative estimate of drug-likeness (QED) is 0.318. The lowest BCUT2D eigenvalue weighted by Crippen LogP contribution is -2.31. The number of anilines is 1. The fourth-order valence-electron chi connectivity index (χ4n) is 4.78. The third-order valence-electron chi connectivity index (χ3n) is 6.34. The van der Waals surface area contributed by atoms with E-state index in [9.17, 15) is 9.59 Å². The molecule has 1 amide bonds. The average Bonchev–Trinajstić information content (AvgIpc) is 3.41. The summed E-state index contributed by atoms with van der Waals surface area (Å²) in [5.41, 5.74) is 1.89. The van der Waals surface area contributed by atoms with E-state index in [1.54, 1.807) is 30.3 Å². The summed E-state index contributed by atoms with van der Waals surface area (Å²) < 4.78 is 58.1. The fourth-order valence-corrected chi connectivity index (χ4v) is 5.15. The number of fused-ring (bicyclic) bond motifs is 1. The lowest BCUT2D eigenvalue weighted by atomic mass is 10.0.